The summed E-state index contributed by atoms with van der Waals surface area (Å²) >= 11 is 0. The lowest BCUT2D eigenvalue weighted by atomic mass is 10.1. The number of aromatic amines is 1. The lowest BCUT2D eigenvalue weighted by molar-refractivity contribution is -0.384. The number of non-ortho nitro benzene ring substituents is 1. The first-order chi connectivity index (χ1) is 12.0. The topological polar surface area (TPSA) is 129 Å². The van der Waals surface area contributed by atoms with E-state index in [4.69, 9.17) is 5.26 Å². The van der Waals surface area contributed by atoms with Gasteiger partial charge in [0.2, 0.25) is 5.56 Å². The van der Waals surface area contributed by atoms with E-state index in [1.807, 2.05) is 6.07 Å². The van der Waals surface area contributed by atoms with Gasteiger partial charge in [0.1, 0.15) is 0 Å². The normalized spacial score (nSPS) is 10.2. The van der Waals surface area contributed by atoms with Crippen LogP contribution in [0.4, 0.5) is 11.4 Å². The second-order valence-corrected chi connectivity index (χ2v) is 5.18. The number of hydrogen-bond donors (Lipinski definition) is 2. The molecule has 0 unspecified atom stereocenters. The maximum Gasteiger partial charge on any atom is 0.270 e. The number of rotatable bonds is 3. The Hall–Kier alpha value is -3.99. The summed E-state index contributed by atoms with van der Waals surface area (Å²) in [5, 5.41) is 22.7. The van der Waals surface area contributed by atoms with Gasteiger partial charge in [-0.15, -0.1) is 0 Å². The molecule has 3 rings (SSSR count). The van der Waals surface area contributed by atoms with Crippen molar-refractivity contribution in [1.82, 2.24) is 4.98 Å². The Morgan fingerprint density at radius 1 is 1.20 bits per heavy atom. The van der Waals surface area contributed by atoms with Crippen LogP contribution < -0.4 is 10.9 Å². The molecular formula is C17H10N4O4. The highest BCUT2D eigenvalue weighted by atomic mass is 16.6. The number of nitrogens with one attached hydrogen (secondary N) is 2. The quantitative estimate of drug-likeness (QED) is 0.561. The molecule has 1 heterocycles. The summed E-state index contributed by atoms with van der Waals surface area (Å²) in [5.41, 5.74) is 0.364. The van der Waals surface area contributed by atoms with E-state index in [0.29, 0.717) is 16.8 Å². The molecule has 0 aliphatic carbocycles. The van der Waals surface area contributed by atoms with Crippen molar-refractivity contribution in [2.24, 2.45) is 0 Å². The number of nitriles is 1. The second kappa shape index (κ2) is 6.25. The highest BCUT2D eigenvalue weighted by molar-refractivity contribution is 6.12. The van der Waals surface area contributed by atoms with Crippen molar-refractivity contribution >= 4 is 28.2 Å². The second-order valence-electron chi connectivity index (χ2n) is 5.18. The highest BCUT2D eigenvalue weighted by Gasteiger charge is 2.15. The van der Waals surface area contributed by atoms with Crippen molar-refractivity contribution in [3.8, 4) is 6.07 Å². The molecule has 0 fully saturated rings. The van der Waals surface area contributed by atoms with Crippen LogP contribution in [-0.2, 0) is 0 Å². The third kappa shape index (κ3) is 3.20. The number of fused-ring (bicyclic) bond motifs is 1. The van der Waals surface area contributed by atoms with Gasteiger partial charge >= 0.3 is 0 Å². The number of H-pyrrole nitrogens is 1. The van der Waals surface area contributed by atoms with Gasteiger partial charge in [-0.1, -0.05) is 6.07 Å². The summed E-state index contributed by atoms with van der Waals surface area (Å²) < 4.78 is 0. The van der Waals surface area contributed by atoms with Gasteiger partial charge in [-0.3, -0.25) is 19.7 Å². The van der Waals surface area contributed by atoms with Gasteiger partial charge in [-0.05, 0) is 24.3 Å². The summed E-state index contributed by atoms with van der Waals surface area (Å²) in [6.45, 7) is 0. The zero-order chi connectivity index (χ0) is 18.0. The Kier molecular flexibility index (Phi) is 3.97. The largest absolute Gasteiger partial charge is 0.322 e. The molecular weight excluding hydrogens is 324 g/mol. The van der Waals surface area contributed by atoms with Gasteiger partial charge < -0.3 is 10.3 Å². The first-order valence-corrected chi connectivity index (χ1v) is 7.11. The number of nitrogens with zero attached hydrogens (tertiary/aromatic N) is 2. The fraction of sp³-hybridized carbons (Fsp3) is 0. The Bertz CT molecular complexity index is 1110. The maximum absolute atomic E-state index is 12.5. The molecule has 1 amide bonds. The molecule has 8 nitrogen and oxygen atoms in total. The van der Waals surface area contributed by atoms with E-state index in [2.05, 4.69) is 10.3 Å². The average molecular weight is 334 g/mol. The predicted molar refractivity (Wildman–Crippen MR) is 90.3 cm³/mol. The van der Waals surface area contributed by atoms with Gasteiger partial charge in [0.15, 0.2) is 0 Å². The average Bonchev–Trinajstić information content (AvgIpc) is 2.60. The third-order valence-corrected chi connectivity index (χ3v) is 3.53. The number of benzene rings is 2. The van der Waals surface area contributed by atoms with Crippen LogP contribution >= 0.6 is 0 Å². The van der Waals surface area contributed by atoms with Gasteiger partial charge in [0, 0.05) is 34.8 Å². The fourth-order valence-corrected chi connectivity index (χ4v) is 2.41. The van der Waals surface area contributed by atoms with Gasteiger partial charge in [0.25, 0.3) is 11.6 Å². The van der Waals surface area contributed by atoms with E-state index >= 15 is 0 Å². The van der Waals surface area contributed by atoms with Crippen LogP contribution in [0.25, 0.3) is 10.9 Å². The van der Waals surface area contributed by atoms with E-state index in [9.17, 15) is 19.7 Å². The van der Waals surface area contributed by atoms with E-state index in [0.717, 1.165) is 6.07 Å². The van der Waals surface area contributed by atoms with Crippen LogP contribution in [-0.4, -0.2) is 15.8 Å². The summed E-state index contributed by atoms with van der Waals surface area (Å²) in [6.07, 6.45) is 0. The molecule has 0 aliphatic rings. The molecule has 0 atom stereocenters. The van der Waals surface area contributed by atoms with Crippen molar-refractivity contribution in [3.63, 3.8) is 0 Å². The molecule has 0 saturated heterocycles. The molecule has 0 spiro atoms. The molecule has 0 saturated carbocycles. The van der Waals surface area contributed by atoms with Crippen molar-refractivity contribution < 1.29 is 9.72 Å². The van der Waals surface area contributed by atoms with Crippen LogP contribution in [0.5, 0.6) is 0 Å². The van der Waals surface area contributed by atoms with Crippen LogP contribution in [0.3, 0.4) is 0 Å². The lowest BCUT2D eigenvalue weighted by Gasteiger charge is -2.08. The maximum atomic E-state index is 12.5. The van der Waals surface area contributed by atoms with E-state index in [-0.39, 0.29) is 16.6 Å². The van der Waals surface area contributed by atoms with Crippen LogP contribution in [0.15, 0.2) is 53.3 Å². The highest BCUT2D eigenvalue weighted by Crippen LogP contribution is 2.22. The minimum absolute atomic E-state index is 0.00445. The number of pyridine rings is 1. The van der Waals surface area contributed by atoms with Crippen LogP contribution in [0.2, 0.25) is 0 Å². The first kappa shape index (κ1) is 15.9. The molecule has 0 radical (unpaired) electrons. The van der Waals surface area contributed by atoms with Crippen molar-refractivity contribution in [3.05, 3.63) is 80.1 Å². The molecule has 122 valence electrons. The van der Waals surface area contributed by atoms with Gasteiger partial charge in [0.05, 0.1) is 22.1 Å². The number of aromatic nitrogens is 1. The van der Waals surface area contributed by atoms with Gasteiger partial charge in [-0.2, -0.15) is 5.26 Å². The Labute approximate surface area is 140 Å². The molecule has 25 heavy (non-hydrogen) atoms. The van der Waals surface area contributed by atoms with Crippen LogP contribution in [0.1, 0.15) is 15.9 Å². The number of carbonyl (C=O) groups is 1. The SMILES string of the molecule is N#Cc1cccc(NC(=O)c2cc(=O)[nH]c3ccc([N+](=O)[O-])cc23)c1. The Balaban J connectivity index is 2.08. The van der Waals surface area contributed by atoms with E-state index in [1.165, 1.54) is 24.3 Å². The van der Waals surface area contributed by atoms with Crippen molar-refractivity contribution in [1.29, 1.82) is 5.26 Å². The molecule has 2 N–H and O–H groups in total. The predicted octanol–water partition coefficient (Wildman–Crippen LogP) is 2.56. The van der Waals surface area contributed by atoms with E-state index < -0.39 is 16.4 Å². The van der Waals surface area contributed by atoms with Crippen LogP contribution in [0, 0.1) is 21.4 Å². The zero-order valence-corrected chi connectivity index (χ0v) is 12.6. The number of hydrogen-bond acceptors (Lipinski definition) is 5. The number of nitro groups is 1. The molecule has 0 bridgehead atoms. The smallest absolute Gasteiger partial charge is 0.270 e. The summed E-state index contributed by atoms with van der Waals surface area (Å²) in [4.78, 5) is 37.2. The van der Waals surface area contributed by atoms with Crippen molar-refractivity contribution in [2.75, 3.05) is 5.32 Å². The molecule has 3 aromatic rings. The molecule has 2 aromatic carbocycles. The summed E-state index contributed by atoms with van der Waals surface area (Å²) in [7, 11) is 0. The minimum Gasteiger partial charge on any atom is -0.322 e. The Morgan fingerprint density at radius 2 is 2.00 bits per heavy atom. The number of anilines is 1. The zero-order valence-electron chi connectivity index (χ0n) is 12.6. The summed E-state index contributed by atoms with van der Waals surface area (Å²) in [5.74, 6) is -0.605. The minimum atomic E-state index is -0.605. The molecule has 1 aromatic heterocycles. The lowest BCUT2D eigenvalue weighted by Crippen LogP contribution is -2.17. The number of carbonyl (C=O) groups excluding carboxylic acids is 1. The number of amides is 1. The van der Waals surface area contributed by atoms with Crippen molar-refractivity contribution in [2.45, 2.75) is 0 Å². The molecule has 0 aliphatic heterocycles. The third-order valence-electron chi connectivity index (χ3n) is 3.53. The standard InChI is InChI=1S/C17H10N4O4/c18-9-10-2-1-3-11(6-10)19-17(23)14-8-16(22)20-15-5-4-12(21(24)25)7-13(14)15/h1-8H,(H,19,23)(H,20,22). The first-order valence-electron chi connectivity index (χ1n) is 7.11. The number of nitro benzene ring substituents is 1. The fourth-order valence-electron chi connectivity index (χ4n) is 2.41. The van der Waals surface area contributed by atoms with Gasteiger partial charge in [-0.25, -0.2) is 0 Å². The molecule has 8 heteroatoms. The summed E-state index contributed by atoms with van der Waals surface area (Å²) in [6, 6.07) is 13.2. The van der Waals surface area contributed by atoms with E-state index in [1.54, 1.807) is 18.2 Å². The monoisotopic (exact) mass is 334 g/mol. The Morgan fingerprint density at radius 3 is 2.72 bits per heavy atom.